The molecular weight excluding hydrogens is 357 g/mol. The number of rotatable bonds is 3. The van der Waals surface area contributed by atoms with Gasteiger partial charge in [0.15, 0.2) is 0 Å². The van der Waals surface area contributed by atoms with Gasteiger partial charge in [-0.25, -0.2) is 4.79 Å². The van der Waals surface area contributed by atoms with Gasteiger partial charge >= 0.3 is 5.97 Å². The molecular formula is C16H17Cl2NO3S. The molecule has 2 heterocycles. The number of methoxy groups -OCH3 is 1. The van der Waals surface area contributed by atoms with Crippen molar-refractivity contribution in [1.29, 1.82) is 0 Å². The smallest absolute Gasteiger partial charge is 0.327 e. The van der Waals surface area contributed by atoms with E-state index in [4.69, 9.17) is 16.3 Å². The van der Waals surface area contributed by atoms with Gasteiger partial charge in [-0.05, 0) is 29.7 Å². The Kier molecular flexibility index (Phi) is 6.14. The van der Waals surface area contributed by atoms with Crippen molar-refractivity contribution < 1.29 is 14.3 Å². The fraction of sp³-hybridized carbons (Fsp3) is 0.375. The Labute approximate surface area is 150 Å². The van der Waals surface area contributed by atoms with Gasteiger partial charge in [0.1, 0.15) is 6.04 Å². The summed E-state index contributed by atoms with van der Waals surface area (Å²) in [5.41, 5.74) is 1.83. The lowest BCUT2D eigenvalue weighted by molar-refractivity contribution is -0.147. The van der Waals surface area contributed by atoms with Gasteiger partial charge in [-0.3, -0.25) is 9.69 Å². The van der Waals surface area contributed by atoms with Gasteiger partial charge in [0.2, 0.25) is 5.12 Å². The predicted molar refractivity (Wildman–Crippen MR) is 94.1 cm³/mol. The molecule has 0 aliphatic carbocycles. The third kappa shape index (κ3) is 3.74. The summed E-state index contributed by atoms with van der Waals surface area (Å²) in [6.45, 7) is 1.32. The zero-order valence-electron chi connectivity index (χ0n) is 12.5. The summed E-state index contributed by atoms with van der Waals surface area (Å²) in [5, 5.41) is 0.911. The number of piperidine rings is 1. The van der Waals surface area contributed by atoms with E-state index in [9.17, 15) is 9.59 Å². The second-order valence-corrected chi connectivity index (χ2v) is 6.97. The molecule has 0 bridgehead atoms. The third-order valence-electron chi connectivity index (χ3n) is 4.03. The van der Waals surface area contributed by atoms with E-state index < -0.39 is 6.04 Å². The fourth-order valence-electron chi connectivity index (χ4n) is 2.98. The van der Waals surface area contributed by atoms with Crippen LogP contribution in [0.4, 0.5) is 0 Å². The summed E-state index contributed by atoms with van der Waals surface area (Å²) in [7, 11) is 1.38. The van der Waals surface area contributed by atoms with E-state index in [1.807, 2.05) is 23.1 Å². The van der Waals surface area contributed by atoms with Crippen molar-refractivity contribution in [3.63, 3.8) is 0 Å². The molecule has 1 fully saturated rings. The monoisotopic (exact) mass is 373 g/mol. The topological polar surface area (TPSA) is 46.6 Å². The standard InChI is InChI=1S/C16H16ClNO3S.ClH/c1-21-16(20)15(11-4-2-3-5-12(11)17)18-7-6-13-10(9-18)8-14(19)22-13;/h2-5,8,13,15H,6-7,9H2,1H3;1H. The maximum absolute atomic E-state index is 12.3. The van der Waals surface area contributed by atoms with Crippen LogP contribution in [0.25, 0.3) is 0 Å². The van der Waals surface area contributed by atoms with Crippen LogP contribution in [-0.4, -0.2) is 41.4 Å². The highest BCUT2D eigenvalue weighted by Crippen LogP contribution is 2.38. The number of carbonyl (C=O) groups excluding carboxylic acids is 2. The largest absolute Gasteiger partial charge is 0.468 e. The number of benzene rings is 1. The van der Waals surface area contributed by atoms with E-state index >= 15 is 0 Å². The Hall–Kier alpha value is -1.01. The van der Waals surface area contributed by atoms with Crippen LogP contribution in [0.2, 0.25) is 5.02 Å². The maximum atomic E-state index is 12.3. The molecule has 1 saturated heterocycles. The zero-order chi connectivity index (χ0) is 15.7. The summed E-state index contributed by atoms with van der Waals surface area (Å²) in [4.78, 5) is 25.9. The van der Waals surface area contributed by atoms with Crippen molar-refractivity contribution in [2.45, 2.75) is 17.7 Å². The average molecular weight is 374 g/mol. The molecule has 23 heavy (non-hydrogen) atoms. The predicted octanol–water partition coefficient (Wildman–Crippen LogP) is 3.25. The van der Waals surface area contributed by atoms with Gasteiger partial charge in [0.05, 0.1) is 7.11 Å². The first-order chi connectivity index (χ1) is 10.6. The number of esters is 1. The van der Waals surface area contributed by atoms with Crippen LogP contribution < -0.4 is 0 Å². The van der Waals surface area contributed by atoms with Crippen LogP contribution in [0.1, 0.15) is 18.0 Å². The van der Waals surface area contributed by atoms with E-state index in [1.54, 1.807) is 12.1 Å². The molecule has 4 nitrogen and oxygen atoms in total. The first kappa shape index (κ1) is 18.3. The molecule has 0 radical (unpaired) electrons. The molecule has 0 saturated carbocycles. The Balaban J connectivity index is 0.00000192. The zero-order valence-corrected chi connectivity index (χ0v) is 14.9. The third-order valence-corrected chi connectivity index (χ3v) is 5.55. The summed E-state index contributed by atoms with van der Waals surface area (Å²) < 4.78 is 4.98. The normalized spacial score (nSPS) is 21.9. The summed E-state index contributed by atoms with van der Waals surface area (Å²) >= 11 is 7.64. The first-order valence-electron chi connectivity index (χ1n) is 7.07. The highest BCUT2D eigenvalue weighted by atomic mass is 35.5. The number of hydrogen-bond donors (Lipinski definition) is 0. The van der Waals surface area contributed by atoms with Gasteiger partial charge in [0.25, 0.3) is 0 Å². The molecule has 0 amide bonds. The van der Waals surface area contributed by atoms with Crippen LogP contribution in [0, 0.1) is 0 Å². The lowest BCUT2D eigenvalue weighted by Gasteiger charge is -2.36. The number of thioether (sulfide) groups is 1. The van der Waals surface area contributed by atoms with Gasteiger partial charge < -0.3 is 4.74 Å². The van der Waals surface area contributed by atoms with Crippen molar-refractivity contribution in [1.82, 2.24) is 4.90 Å². The number of likely N-dealkylation sites (tertiary alicyclic amines) is 1. The number of ether oxygens (including phenoxy) is 1. The number of hydrogen-bond acceptors (Lipinski definition) is 5. The number of halogens is 2. The van der Waals surface area contributed by atoms with Crippen molar-refractivity contribution >= 4 is 46.9 Å². The average Bonchev–Trinajstić information content (AvgIpc) is 2.88. The molecule has 3 rings (SSSR count). The van der Waals surface area contributed by atoms with E-state index in [-0.39, 0.29) is 28.7 Å². The molecule has 7 heteroatoms. The Bertz CT molecular complexity index is 650. The first-order valence-corrected chi connectivity index (χ1v) is 8.33. The van der Waals surface area contributed by atoms with E-state index in [0.717, 1.165) is 24.1 Å². The van der Waals surface area contributed by atoms with Crippen LogP contribution in [-0.2, 0) is 14.3 Å². The molecule has 2 unspecified atom stereocenters. The second kappa shape index (κ2) is 7.71. The highest BCUT2D eigenvalue weighted by Gasteiger charge is 2.37. The number of nitrogens with zero attached hydrogens (tertiary/aromatic N) is 1. The van der Waals surface area contributed by atoms with Gasteiger partial charge in [-0.1, -0.05) is 41.6 Å². The Morgan fingerprint density at radius 1 is 1.43 bits per heavy atom. The summed E-state index contributed by atoms with van der Waals surface area (Å²) in [6, 6.07) is 6.77. The molecule has 124 valence electrons. The SMILES string of the molecule is COC(=O)C(c1ccccc1Cl)N1CCC2SC(=O)C=C2C1.Cl. The molecule has 0 N–H and O–H groups in total. The van der Waals surface area contributed by atoms with Crippen LogP contribution in [0.3, 0.4) is 0 Å². The van der Waals surface area contributed by atoms with E-state index in [2.05, 4.69) is 0 Å². The summed E-state index contributed by atoms with van der Waals surface area (Å²) in [5.74, 6) is -0.330. The minimum absolute atomic E-state index is 0. The van der Waals surface area contributed by atoms with Crippen molar-refractivity contribution in [2.24, 2.45) is 0 Å². The number of fused-ring (bicyclic) bond motifs is 1. The van der Waals surface area contributed by atoms with Crippen LogP contribution in [0.5, 0.6) is 0 Å². The molecule has 2 aliphatic heterocycles. The minimum Gasteiger partial charge on any atom is -0.468 e. The van der Waals surface area contributed by atoms with Crippen molar-refractivity contribution in [3.8, 4) is 0 Å². The quantitative estimate of drug-likeness (QED) is 0.761. The van der Waals surface area contributed by atoms with Gasteiger partial charge in [0, 0.05) is 23.4 Å². The fourth-order valence-corrected chi connectivity index (χ4v) is 4.24. The van der Waals surface area contributed by atoms with E-state index in [0.29, 0.717) is 11.6 Å². The lowest BCUT2D eigenvalue weighted by atomic mass is 9.98. The lowest BCUT2D eigenvalue weighted by Crippen LogP contribution is -2.42. The Morgan fingerprint density at radius 2 is 2.17 bits per heavy atom. The molecule has 2 aliphatic rings. The van der Waals surface area contributed by atoms with Crippen molar-refractivity contribution in [2.75, 3.05) is 20.2 Å². The molecule has 1 aromatic rings. The molecule has 2 atom stereocenters. The van der Waals surface area contributed by atoms with Gasteiger partial charge in [-0.15, -0.1) is 12.4 Å². The van der Waals surface area contributed by atoms with Gasteiger partial charge in [-0.2, -0.15) is 0 Å². The molecule has 0 spiro atoms. The van der Waals surface area contributed by atoms with Crippen LogP contribution in [0.15, 0.2) is 35.9 Å². The number of carbonyl (C=O) groups is 2. The van der Waals surface area contributed by atoms with E-state index in [1.165, 1.54) is 18.9 Å². The second-order valence-electron chi connectivity index (χ2n) is 5.35. The molecule has 0 aromatic heterocycles. The maximum Gasteiger partial charge on any atom is 0.327 e. The minimum atomic E-state index is -0.541. The summed E-state index contributed by atoms with van der Waals surface area (Å²) in [6.07, 6.45) is 2.54. The van der Waals surface area contributed by atoms with Crippen LogP contribution >= 0.6 is 35.8 Å². The highest BCUT2D eigenvalue weighted by molar-refractivity contribution is 8.15. The Morgan fingerprint density at radius 3 is 2.87 bits per heavy atom. The molecule has 1 aromatic carbocycles. The van der Waals surface area contributed by atoms with Crippen molar-refractivity contribution in [3.05, 3.63) is 46.5 Å².